The van der Waals surface area contributed by atoms with Crippen LogP contribution in [0.4, 0.5) is 24.8 Å². The van der Waals surface area contributed by atoms with Crippen molar-refractivity contribution in [1.82, 2.24) is 24.5 Å². The van der Waals surface area contributed by atoms with E-state index < -0.39 is 11.7 Å². The summed E-state index contributed by atoms with van der Waals surface area (Å²) in [6, 6.07) is 9.35. The number of morpholine rings is 1. The highest BCUT2D eigenvalue weighted by Gasteiger charge is 2.41. The average Bonchev–Trinajstić information content (AvgIpc) is 3.30. The molecule has 0 radical (unpaired) electrons. The van der Waals surface area contributed by atoms with Crippen molar-refractivity contribution in [3.05, 3.63) is 66.2 Å². The summed E-state index contributed by atoms with van der Waals surface area (Å²) in [5.74, 6) is 1.10. The molecular formula is C28H27F3N6O3. The van der Waals surface area contributed by atoms with Crippen molar-refractivity contribution in [1.29, 1.82) is 0 Å². The zero-order valence-corrected chi connectivity index (χ0v) is 21.9. The Bertz CT molecular complexity index is 1560. The molecule has 0 saturated carbocycles. The highest BCUT2D eigenvalue weighted by atomic mass is 19.4. The highest BCUT2D eigenvalue weighted by Crippen LogP contribution is 2.36. The summed E-state index contributed by atoms with van der Waals surface area (Å²) in [5.41, 5.74) is 2.50. The fourth-order valence-corrected chi connectivity index (χ4v) is 5.55. The molecule has 1 N–H and O–H groups in total. The number of hydrogen-bond donors (Lipinski definition) is 1. The number of amides is 1. The van der Waals surface area contributed by atoms with Crippen LogP contribution in [0.15, 0.2) is 55.0 Å². The number of halogens is 3. The zero-order valence-electron chi connectivity index (χ0n) is 21.9. The van der Waals surface area contributed by atoms with Crippen LogP contribution in [0.3, 0.4) is 0 Å². The van der Waals surface area contributed by atoms with Crippen LogP contribution in [0.2, 0.25) is 0 Å². The SMILES string of the molecule is CC(=O)N1[C@@H]2COC[C@H]1C[C@@H](Oc1cnc(C)cc1-c1ccn3nc(Nc4cc(C(F)(F)F)ccn4)cc3c1)C2. The lowest BCUT2D eigenvalue weighted by atomic mass is 9.91. The molecule has 40 heavy (non-hydrogen) atoms. The molecule has 2 aliphatic rings. The van der Waals surface area contributed by atoms with Crippen LogP contribution in [0, 0.1) is 6.92 Å². The van der Waals surface area contributed by atoms with Crippen LogP contribution in [0.25, 0.3) is 16.6 Å². The summed E-state index contributed by atoms with van der Waals surface area (Å²) in [5, 5.41) is 7.27. The first kappa shape index (κ1) is 26.1. The quantitative estimate of drug-likeness (QED) is 0.372. The Morgan fingerprint density at radius 3 is 2.58 bits per heavy atom. The summed E-state index contributed by atoms with van der Waals surface area (Å²) in [6.07, 6.45) is 1.40. The molecule has 0 aliphatic carbocycles. The molecule has 6 heterocycles. The van der Waals surface area contributed by atoms with Crippen LogP contribution >= 0.6 is 0 Å². The second-order valence-electron chi connectivity index (χ2n) is 10.2. The summed E-state index contributed by atoms with van der Waals surface area (Å²) in [4.78, 5) is 22.5. The molecule has 4 aromatic rings. The van der Waals surface area contributed by atoms with Gasteiger partial charge in [0.25, 0.3) is 0 Å². The van der Waals surface area contributed by atoms with E-state index in [0.29, 0.717) is 37.6 Å². The number of ether oxygens (including phenoxy) is 2. The smallest absolute Gasteiger partial charge is 0.416 e. The number of aromatic nitrogens is 4. The van der Waals surface area contributed by atoms with Crippen LogP contribution in [0.5, 0.6) is 5.75 Å². The van der Waals surface area contributed by atoms with Gasteiger partial charge in [0, 0.05) is 49.5 Å². The van der Waals surface area contributed by atoms with Crippen molar-refractivity contribution in [2.45, 2.75) is 51.1 Å². The molecule has 2 fully saturated rings. The number of nitrogens with one attached hydrogen (secondary N) is 1. The molecule has 2 aliphatic heterocycles. The van der Waals surface area contributed by atoms with E-state index in [9.17, 15) is 18.0 Å². The Hall–Kier alpha value is -4.19. The van der Waals surface area contributed by atoms with Crippen molar-refractivity contribution in [2.24, 2.45) is 0 Å². The van der Waals surface area contributed by atoms with E-state index in [1.165, 1.54) is 0 Å². The number of alkyl halides is 3. The number of aryl methyl sites for hydroxylation is 1. The lowest BCUT2D eigenvalue weighted by Crippen LogP contribution is -2.60. The minimum Gasteiger partial charge on any atom is -0.488 e. The largest absolute Gasteiger partial charge is 0.488 e. The van der Waals surface area contributed by atoms with Gasteiger partial charge in [0.1, 0.15) is 17.7 Å². The van der Waals surface area contributed by atoms with E-state index >= 15 is 0 Å². The molecule has 2 saturated heterocycles. The number of pyridine rings is 3. The molecule has 2 bridgehead atoms. The summed E-state index contributed by atoms with van der Waals surface area (Å²) < 4.78 is 53.1. The number of piperidine rings is 1. The Labute approximate surface area is 227 Å². The van der Waals surface area contributed by atoms with Gasteiger partial charge in [0.05, 0.1) is 42.6 Å². The molecule has 1 amide bonds. The molecule has 6 rings (SSSR count). The maximum Gasteiger partial charge on any atom is 0.416 e. The van der Waals surface area contributed by atoms with Gasteiger partial charge in [-0.05, 0) is 42.8 Å². The van der Waals surface area contributed by atoms with Crippen molar-refractivity contribution >= 4 is 23.1 Å². The molecule has 0 spiro atoms. The van der Waals surface area contributed by atoms with E-state index in [0.717, 1.165) is 40.7 Å². The molecule has 4 aromatic heterocycles. The third-order valence-electron chi connectivity index (χ3n) is 7.26. The molecule has 0 unspecified atom stereocenters. The van der Waals surface area contributed by atoms with Gasteiger partial charge >= 0.3 is 6.18 Å². The lowest BCUT2D eigenvalue weighted by molar-refractivity contribution is -0.153. The average molecular weight is 553 g/mol. The molecular weight excluding hydrogens is 525 g/mol. The predicted molar refractivity (Wildman–Crippen MR) is 140 cm³/mol. The van der Waals surface area contributed by atoms with Crippen LogP contribution < -0.4 is 10.1 Å². The van der Waals surface area contributed by atoms with Crippen LogP contribution in [-0.4, -0.2) is 61.8 Å². The number of nitrogens with zero attached hydrogens (tertiary/aromatic N) is 5. The molecule has 208 valence electrons. The molecule has 0 aromatic carbocycles. The first-order chi connectivity index (χ1) is 19.1. The lowest BCUT2D eigenvalue weighted by Gasteiger charge is -2.47. The molecule has 9 nitrogen and oxygen atoms in total. The van der Waals surface area contributed by atoms with Crippen LogP contribution in [-0.2, 0) is 15.7 Å². The van der Waals surface area contributed by atoms with E-state index in [1.807, 2.05) is 30.0 Å². The topological polar surface area (TPSA) is 93.9 Å². The summed E-state index contributed by atoms with van der Waals surface area (Å²) >= 11 is 0. The number of carbonyl (C=O) groups excluding carboxylic acids is 1. The zero-order chi connectivity index (χ0) is 28.0. The van der Waals surface area contributed by atoms with Crippen molar-refractivity contribution in [3.8, 4) is 16.9 Å². The third-order valence-corrected chi connectivity index (χ3v) is 7.26. The fourth-order valence-electron chi connectivity index (χ4n) is 5.55. The first-order valence-electron chi connectivity index (χ1n) is 12.9. The second kappa shape index (κ2) is 10.1. The van der Waals surface area contributed by atoms with Gasteiger partial charge < -0.3 is 19.7 Å². The van der Waals surface area contributed by atoms with Crippen molar-refractivity contribution in [2.75, 3.05) is 18.5 Å². The number of anilines is 2. The van der Waals surface area contributed by atoms with Crippen molar-refractivity contribution < 1.29 is 27.4 Å². The van der Waals surface area contributed by atoms with E-state index in [1.54, 1.807) is 29.9 Å². The number of rotatable bonds is 5. The third kappa shape index (κ3) is 5.18. The summed E-state index contributed by atoms with van der Waals surface area (Å²) in [7, 11) is 0. The van der Waals surface area contributed by atoms with Gasteiger partial charge in [-0.1, -0.05) is 0 Å². The molecule has 3 atom stereocenters. The van der Waals surface area contributed by atoms with Gasteiger partial charge in [0.15, 0.2) is 5.82 Å². The maximum atomic E-state index is 13.1. The minimum atomic E-state index is -4.47. The standard InChI is InChI=1S/C28H27F3N6O3/c1-16-7-24(25(13-33-16)40-23-10-21-14-39-15-22(11-23)37(21)17(2)38)18-4-6-36-20(8-18)12-27(35-36)34-26-9-19(3-5-32-26)28(29,30)31/h3-9,12-13,21-23H,10-11,14-15H2,1-2H3,(H,32,34,35)/t21-,22+,23-. The summed E-state index contributed by atoms with van der Waals surface area (Å²) in [6.45, 7) is 4.50. The second-order valence-corrected chi connectivity index (χ2v) is 10.2. The Morgan fingerprint density at radius 2 is 1.85 bits per heavy atom. The van der Waals surface area contributed by atoms with Gasteiger partial charge in [-0.25, -0.2) is 9.50 Å². The maximum absolute atomic E-state index is 13.1. The Morgan fingerprint density at radius 1 is 1.07 bits per heavy atom. The Balaban J connectivity index is 1.25. The fraction of sp³-hybridized carbons (Fsp3) is 0.357. The highest BCUT2D eigenvalue weighted by molar-refractivity contribution is 5.76. The minimum absolute atomic E-state index is 0.0164. The monoisotopic (exact) mass is 552 g/mol. The van der Waals surface area contributed by atoms with Gasteiger partial charge in [-0.2, -0.15) is 18.3 Å². The normalized spacial score (nSPS) is 20.9. The van der Waals surface area contributed by atoms with E-state index in [4.69, 9.17) is 9.47 Å². The van der Waals surface area contributed by atoms with Crippen LogP contribution in [0.1, 0.15) is 31.0 Å². The van der Waals surface area contributed by atoms with Gasteiger partial charge in [0.2, 0.25) is 5.91 Å². The first-order valence-corrected chi connectivity index (χ1v) is 12.9. The van der Waals surface area contributed by atoms with E-state index in [2.05, 4.69) is 20.4 Å². The van der Waals surface area contributed by atoms with Crippen molar-refractivity contribution in [3.63, 3.8) is 0 Å². The number of fused-ring (bicyclic) bond motifs is 3. The van der Waals surface area contributed by atoms with E-state index in [-0.39, 0.29) is 29.9 Å². The Kier molecular flexibility index (Phi) is 6.57. The van der Waals surface area contributed by atoms with Gasteiger partial charge in [-0.15, -0.1) is 0 Å². The molecule has 12 heteroatoms. The predicted octanol–water partition coefficient (Wildman–Crippen LogP) is 5.02. The number of hydrogen-bond acceptors (Lipinski definition) is 7. The van der Waals surface area contributed by atoms with Gasteiger partial charge in [-0.3, -0.25) is 9.78 Å². The number of carbonyl (C=O) groups is 1.